The smallest absolute Gasteiger partial charge is 0.358 e. The molecule has 7 nitrogen and oxygen atoms in total. The normalized spacial score (nSPS) is 10.3. The largest absolute Gasteiger partial charge is 0.495 e. The molecule has 1 amide bonds. The SMILES string of the molecule is COc1cc(OC)c(NC(=O)COC(=O)c2csc(-c3ccccc3)n2)cc1Cl. The van der Waals surface area contributed by atoms with E-state index in [9.17, 15) is 9.59 Å². The van der Waals surface area contributed by atoms with Crippen molar-refractivity contribution < 1.29 is 23.8 Å². The number of halogens is 1. The average Bonchev–Trinajstić information content (AvgIpc) is 3.23. The number of amides is 1. The first kappa shape index (κ1) is 20.6. The fourth-order valence-corrected chi connectivity index (χ4v) is 3.47. The molecule has 0 saturated carbocycles. The third-order valence-electron chi connectivity index (χ3n) is 3.82. The van der Waals surface area contributed by atoms with Crippen LogP contribution < -0.4 is 14.8 Å². The summed E-state index contributed by atoms with van der Waals surface area (Å²) in [5, 5.41) is 5.18. The summed E-state index contributed by atoms with van der Waals surface area (Å²) in [6.45, 7) is -0.482. The van der Waals surface area contributed by atoms with Crippen molar-refractivity contribution in [2.75, 3.05) is 26.1 Å². The fourth-order valence-electron chi connectivity index (χ4n) is 2.43. The quantitative estimate of drug-likeness (QED) is 0.561. The van der Waals surface area contributed by atoms with Crippen molar-refractivity contribution in [1.82, 2.24) is 4.98 Å². The van der Waals surface area contributed by atoms with Crippen molar-refractivity contribution in [2.45, 2.75) is 0 Å². The molecule has 0 aliphatic rings. The Bertz CT molecular complexity index is 1020. The number of hydrogen-bond acceptors (Lipinski definition) is 7. The third kappa shape index (κ3) is 5.04. The average molecular weight is 433 g/mol. The highest BCUT2D eigenvalue weighted by Crippen LogP contribution is 2.35. The van der Waals surface area contributed by atoms with E-state index < -0.39 is 18.5 Å². The molecule has 29 heavy (non-hydrogen) atoms. The lowest BCUT2D eigenvalue weighted by Gasteiger charge is -2.13. The Morgan fingerprint density at radius 3 is 2.52 bits per heavy atom. The second-order valence-electron chi connectivity index (χ2n) is 5.72. The summed E-state index contributed by atoms with van der Waals surface area (Å²) in [5.41, 5.74) is 1.38. The summed E-state index contributed by atoms with van der Waals surface area (Å²) >= 11 is 7.40. The van der Waals surface area contributed by atoms with E-state index in [1.807, 2.05) is 30.3 Å². The van der Waals surface area contributed by atoms with E-state index in [0.717, 1.165) is 5.56 Å². The van der Waals surface area contributed by atoms with E-state index in [4.69, 9.17) is 25.8 Å². The van der Waals surface area contributed by atoms with Gasteiger partial charge in [0.2, 0.25) is 0 Å². The maximum atomic E-state index is 12.2. The Kier molecular flexibility index (Phi) is 6.69. The minimum absolute atomic E-state index is 0.145. The van der Waals surface area contributed by atoms with Crippen LogP contribution in [0.3, 0.4) is 0 Å². The molecule has 0 saturated heterocycles. The highest BCUT2D eigenvalue weighted by atomic mass is 35.5. The van der Waals surface area contributed by atoms with Crippen molar-refractivity contribution in [3.63, 3.8) is 0 Å². The summed E-state index contributed by atoms with van der Waals surface area (Å²) < 4.78 is 15.4. The lowest BCUT2D eigenvalue weighted by molar-refractivity contribution is -0.119. The zero-order valence-electron chi connectivity index (χ0n) is 15.6. The van der Waals surface area contributed by atoms with Gasteiger partial charge >= 0.3 is 5.97 Å². The van der Waals surface area contributed by atoms with Gasteiger partial charge in [0.1, 0.15) is 16.5 Å². The topological polar surface area (TPSA) is 86.8 Å². The van der Waals surface area contributed by atoms with Gasteiger partial charge in [0.25, 0.3) is 5.91 Å². The van der Waals surface area contributed by atoms with Crippen molar-refractivity contribution >= 4 is 40.5 Å². The Hall–Kier alpha value is -3.10. The van der Waals surface area contributed by atoms with Crippen LogP contribution in [0.2, 0.25) is 5.02 Å². The zero-order chi connectivity index (χ0) is 20.8. The Labute approximate surface area is 176 Å². The number of hydrogen-bond donors (Lipinski definition) is 1. The number of anilines is 1. The van der Waals surface area contributed by atoms with Crippen LogP contribution in [0.1, 0.15) is 10.5 Å². The molecule has 0 fully saturated rings. The molecule has 3 rings (SSSR count). The van der Waals surface area contributed by atoms with Gasteiger partial charge in [-0.2, -0.15) is 0 Å². The van der Waals surface area contributed by atoms with Gasteiger partial charge in [0.05, 0.1) is 24.9 Å². The van der Waals surface area contributed by atoms with E-state index in [2.05, 4.69) is 10.3 Å². The van der Waals surface area contributed by atoms with Gasteiger partial charge in [-0.15, -0.1) is 11.3 Å². The molecule has 3 aromatic rings. The second-order valence-corrected chi connectivity index (χ2v) is 6.98. The van der Waals surface area contributed by atoms with Gasteiger partial charge in [0, 0.05) is 17.0 Å². The standard InChI is InChI=1S/C20H17ClN2O5S/c1-26-16-9-17(27-2)14(8-13(16)21)22-18(24)10-28-20(25)15-11-29-19(23-15)12-6-4-3-5-7-12/h3-9,11H,10H2,1-2H3,(H,22,24). The summed E-state index contributed by atoms with van der Waals surface area (Å²) in [6.07, 6.45) is 0. The van der Waals surface area contributed by atoms with E-state index in [0.29, 0.717) is 27.2 Å². The number of nitrogens with zero attached hydrogens (tertiary/aromatic N) is 1. The summed E-state index contributed by atoms with van der Waals surface area (Å²) in [7, 11) is 2.92. The van der Waals surface area contributed by atoms with Crippen molar-refractivity contribution in [2.24, 2.45) is 0 Å². The molecule has 0 unspecified atom stereocenters. The molecule has 0 atom stereocenters. The lowest BCUT2D eigenvalue weighted by atomic mass is 10.2. The molecule has 1 N–H and O–H groups in total. The lowest BCUT2D eigenvalue weighted by Crippen LogP contribution is -2.21. The maximum absolute atomic E-state index is 12.2. The summed E-state index contributed by atoms with van der Waals surface area (Å²) in [4.78, 5) is 28.6. The van der Waals surface area contributed by atoms with Crippen LogP contribution in [0.4, 0.5) is 5.69 Å². The van der Waals surface area contributed by atoms with Gasteiger partial charge in [-0.3, -0.25) is 4.79 Å². The maximum Gasteiger partial charge on any atom is 0.358 e. The molecule has 0 spiro atoms. The second kappa shape index (κ2) is 9.40. The fraction of sp³-hybridized carbons (Fsp3) is 0.150. The Balaban J connectivity index is 1.61. The number of carbonyl (C=O) groups is 2. The number of nitrogens with one attached hydrogen (secondary N) is 1. The Morgan fingerprint density at radius 2 is 1.83 bits per heavy atom. The molecule has 0 aliphatic heterocycles. The van der Waals surface area contributed by atoms with Gasteiger partial charge in [-0.25, -0.2) is 9.78 Å². The first-order valence-corrected chi connectivity index (χ1v) is 9.67. The molecule has 0 aliphatic carbocycles. The minimum Gasteiger partial charge on any atom is -0.495 e. The Morgan fingerprint density at radius 1 is 1.10 bits per heavy atom. The van der Waals surface area contributed by atoms with Crippen LogP contribution in [0.5, 0.6) is 11.5 Å². The van der Waals surface area contributed by atoms with Gasteiger partial charge in [-0.1, -0.05) is 41.9 Å². The number of carbonyl (C=O) groups excluding carboxylic acids is 2. The number of aromatic nitrogens is 1. The zero-order valence-corrected chi connectivity index (χ0v) is 17.2. The van der Waals surface area contributed by atoms with Crippen molar-refractivity contribution in [1.29, 1.82) is 0 Å². The van der Waals surface area contributed by atoms with Crippen LogP contribution in [0.25, 0.3) is 10.6 Å². The number of esters is 1. The van der Waals surface area contributed by atoms with Gasteiger partial charge in [-0.05, 0) is 6.07 Å². The van der Waals surface area contributed by atoms with Gasteiger partial charge < -0.3 is 19.5 Å². The number of rotatable bonds is 7. The van der Waals surface area contributed by atoms with Crippen molar-refractivity contribution in [3.05, 3.63) is 58.6 Å². The van der Waals surface area contributed by atoms with Crippen molar-refractivity contribution in [3.8, 4) is 22.1 Å². The third-order valence-corrected chi connectivity index (χ3v) is 5.00. The van der Waals surface area contributed by atoms with E-state index >= 15 is 0 Å². The monoisotopic (exact) mass is 432 g/mol. The highest BCUT2D eigenvalue weighted by Gasteiger charge is 2.17. The van der Waals surface area contributed by atoms with Crippen LogP contribution in [0.15, 0.2) is 47.8 Å². The number of methoxy groups -OCH3 is 2. The highest BCUT2D eigenvalue weighted by molar-refractivity contribution is 7.13. The van der Waals surface area contributed by atoms with E-state index in [1.54, 1.807) is 11.4 Å². The predicted molar refractivity (Wildman–Crippen MR) is 111 cm³/mol. The van der Waals surface area contributed by atoms with Crippen LogP contribution in [-0.2, 0) is 9.53 Å². The molecule has 1 aromatic heterocycles. The van der Waals surface area contributed by atoms with Crippen LogP contribution in [-0.4, -0.2) is 37.7 Å². The molecule has 0 radical (unpaired) electrons. The van der Waals surface area contributed by atoms with E-state index in [1.165, 1.54) is 31.6 Å². The van der Waals surface area contributed by atoms with Crippen LogP contribution in [0, 0.1) is 0 Å². The summed E-state index contributed by atoms with van der Waals surface area (Å²) in [6, 6.07) is 12.5. The molecule has 1 heterocycles. The molecule has 0 bridgehead atoms. The minimum atomic E-state index is -0.682. The molecule has 2 aromatic carbocycles. The number of thiazole rings is 1. The molecule has 9 heteroatoms. The molecular formula is C20H17ClN2O5S. The summed E-state index contributed by atoms with van der Waals surface area (Å²) in [5.74, 6) is -0.460. The molecular weight excluding hydrogens is 416 g/mol. The van der Waals surface area contributed by atoms with E-state index in [-0.39, 0.29) is 5.69 Å². The first-order valence-electron chi connectivity index (χ1n) is 8.41. The first-order chi connectivity index (χ1) is 14.0. The number of benzene rings is 2. The van der Waals surface area contributed by atoms with Gasteiger partial charge in [0.15, 0.2) is 12.3 Å². The van der Waals surface area contributed by atoms with Crippen LogP contribution >= 0.6 is 22.9 Å². The predicted octanol–water partition coefficient (Wildman–Crippen LogP) is 4.28. The number of ether oxygens (including phenoxy) is 3. The molecule has 150 valence electrons.